The van der Waals surface area contributed by atoms with Crippen LogP contribution in [0, 0.1) is 0 Å². The zero-order valence-electron chi connectivity index (χ0n) is 12.8. The van der Waals surface area contributed by atoms with Gasteiger partial charge in [-0.25, -0.2) is 0 Å². The Morgan fingerprint density at radius 1 is 1.10 bits per heavy atom. The molecular formula is C18H22BrNO. The average Bonchev–Trinajstić information content (AvgIpc) is 2.45. The van der Waals surface area contributed by atoms with Gasteiger partial charge in [0.15, 0.2) is 0 Å². The first-order valence-electron chi connectivity index (χ1n) is 7.11. The Hall–Kier alpha value is -1.32. The molecule has 0 saturated heterocycles. The minimum absolute atomic E-state index is 0.128. The van der Waals surface area contributed by atoms with E-state index in [1.165, 1.54) is 5.56 Å². The third kappa shape index (κ3) is 4.32. The number of halogens is 1. The SMILES string of the molecule is CC(C)(C)c1cccc(OCc2ccc(CN)cc2Br)c1. The molecule has 0 atom stereocenters. The molecule has 2 rings (SSSR count). The largest absolute Gasteiger partial charge is 0.489 e. The molecule has 0 amide bonds. The fraction of sp³-hybridized carbons (Fsp3) is 0.333. The van der Waals surface area contributed by atoms with E-state index in [1.54, 1.807) is 0 Å². The van der Waals surface area contributed by atoms with Crippen LogP contribution in [0.4, 0.5) is 0 Å². The van der Waals surface area contributed by atoms with Crippen LogP contribution in [-0.2, 0) is 18.6 Å². The lowest BCUT2D eigenvalue weighted by atomic mass is 9.87. The molecule has 0 aliphatic carbocycles. The molecule has 0 aliphatic rings. The Bertz CT molecular complexity index is 617. The van der Waals surface area contributed by atoms with Crippen LogP contribution in [0.5, 0.6) is 5.75 Å². The van der Waals surface area contributed by atoms with Crippen molar-refractivity contribution in [1.82, 2.24) is 0 Å². The summed E-state index contributed by atoms with van der Waals surface area (Å²) in [6, 6.07) is 14.4. The molecule has 2 N–H and O–H groups in total. The Balaban J connectivity index is 2.10. The zero-order chi connectivity index (χ0) is 15.5. The Kier molecular flexibility index (Phi) is 5.07. The van der Waals surface area contributed by atoms with Gasteiger partial charge in [0.2, 0.25) is 0 Å². The standard InChI is InChI=1S/C18H22BrNO/c1-18(2,3)15-5-4-6-16(10-15)21-12-14-8-7-13(11-20)9-17(14)19/h4-10H,11-12,20H2,1-3H3. The van der Waals surface area contributed by atoms with Gasteiger partial charge < -0.3 is 10.5 Å². The van der Waals surface area contributed by atoms with Crippen molar-refractivity contribution in [3.63, 3.8) is 0 Å². The lowest BCUT2D eigenvalue weighted by Crippen LogP contribution is -2.11. The average molecular weight is 348 g/mol. The van der Waals surface area contributed by atoms with Crippen LogP contribution in [0.1, 0.15) is 37.5 Å². The predicted molar refractivity (Wildman–Crippen MR) is 91.5 cm³/mol. The fourth-order valence-corrected chi connectivity index (χ4v) is 2.59. The second kappa shape index (κ2) is 6.63. The maximum Gasteiger partial charge on any atom is 0.120 e. The molecule has 112 valence electrons. The van der Waals surface area contributed by atoms with E-state index < -0.39 is 0 Å². The third-order valence-corrected chi connectivity index (χ3v) is 4.19. The van der Waals surface area contributed by atoms with Gasteiger partial charge in [-0.2, -0.15) is 0 Å². The highest BCUT2D eigenvalue weighted by molar-refractivity contribution is 9.10. The lowest BCUT2D eigenvalue weighted by molar-refractivity contribution is 0.304. The van der Waals surface area contributed by atoms with Crippen LogP contribution in [0.2, 0.25) is 0 Å². The molecule has 0 spiro atoms. The maximum atomic E-state index is 5.92. The third-order valence-electron chi connectivity index (χ3n) is 3.45. The van der Waals surface area contributed by atoms with Gasteiger partial charge in [0.25, 0.3) is 0 Å². The smallest absolute Gasteiger partial charge is 0.120 e. The molecule has 0 fully saturated rings. The summed E-state index contributed by atoms with van der Waals surface area (Å²) in [4.78, 5) is 0. The second-order valence-corrected chi connectivity index (χ2v) is 7.05. The van der Waals surface area contributed by atoms with Crippen LogP contribution >= 0.6 is 15.9 Å². The van der Waals surface area contributed by atoms with Crippen molar-refractivity contribution in [2.24, 2.45) is 5.73 Å². The van der Waals surface area contributed by atoms with Gasteiger partial charge in [0, 0.05) is 16.6 Å². The van der Waals surface area contributed by atoms with E-state index in [2.05, 4.69) is 54.9 Å². The summed E-state index contributed by atoms with van der Waals surface area (Å²) in [7, 11) is 0. The molecule has 0 bridgehead atoms. The quantitative estimate of drug-likeness (QED) is 0.863. The summed E-state index contributed by atoms with van der Waals surface area (Å²) in [5, 5.41) is 0. The molecule has 2 aromatic carbocycles. The summed E-state index contributed by atoms with van der Waals surface area (Å²) in [5.41, 5.74) is 9.27. The van der Waals surface area contributed by atoms with Crippen molar-refractivity contribution >= 4 is 15.9 Å². The van der Waals surface area contributed by atoms with E-state index in [-0.39, 0.29) is 5.41 Å². The van der Waals surface area contributed by atoms with Gasteiger partial charge in [-0.3, -0.25) is 0 Å². The molecular weight excluding hydrogens is 326 g/mol. The predicted octanol–water partition coefficient (Wildman–Crippen LogP) is 4.78. The van der Waals surface area contributed by atoms with Gasteiger partial charge in [0.1, 0.15) is 12.4 Å². The first-order chi connectivity index (χ1) is 9.90. The molecule has 3 heteroatoms. The molecule has 2 aromatic rings. The molecule has 0 aromatic heterocycles. The van der Waals surface area contributed by atoms with Gasteiger partial charge in [-0.15, -0.1) is 0 Å². The molecule has 0 unspecified atom stereocenters. The van der Waals surface area contributed by atoms with Crippen molar-refractivity contribution in [2.45, 2.75) is 39.3 Å². The zero-order valence-corrected chi connectivity index (χ0v) is 14.4. The number of benzene rings is 2. The molecule has 0 radical (unpaired) electrons. The van der Waals surface area contributed by atoms with Crippen molar-refractivity contribution in [1.29, 1.82) is 0 Å². The van der Waals surface area contributed by atoms with Crippen molar-refractivity contribution in [2.75, 3.05) is 0 Å². The lowest BCUT2D eigenvalue weighted by Gasteiger charge is -2.20. The fourth-order valence-electron chi connectivity index (χ4n) is 2.05. The number of rotatable bonds is 4. The van der Waals surface area contributed by atoms with Gasteiger partial charge >= 0.3 is 0 Å². The number of ether oxygens (including phenoxy) is 1. The van der Waals surface area contributed by atoms with E-state index in [9.17, 15) is 0 Å². The molecule has 2 nitrogen and oxygen atoms in total. The highest BCUT2D eigenvalue weighted by atomic mass is 79.9. The molecule has 0 aliphatic heterocycles. The minimum Gasteiger partial charge on any atom is -0.489 e. The van der Waals surface area contributed by atoms with E-state index in [4.69, 9.17) is 10.5 Å². The van der Waals surface area contributed by atoms with Gasteiger partial charge in [-0.05, 0) is 34.7 Å². The topological polar surface area (TPSA) is 35.2 Å². The van der Waals surface area contributed by atoms with E-state index in [1.807, 2.05) is 24.3 Å². The highest BCUT2D eigenvalue weighted by Gasteiger charge is 2.14. The summed E-state index contributed by atoms with van der Waals surface area (Å²) in [6.45, 7) is 7.70. The number of nitrogens with two attached hydrogens (primary N) is 1. The van der Waals surface area contributed by atoms with Crippen LogP contribution in [-0.4, -0.2) is 0 Å². The maximum absolute atomic E-state index is 5.92. The summed E-state index contributed by atoms with van der Waals surface area (Å²) >= 11 is 3.57. The monoisotopic (exact) mass is 347 g/mol. The Labute approximate surface area is 135 Å². The van der Waals surface area contributed by atoms with Crippen molar-refractivity contribution in [3.05, 3.63) is 63.6 Å². The highest BCUT2D eigenvalue weighted by Crippen LogP contribution is 2.27. The van der Waals surface area contributed by atoms with E-state index >= 15 is 0 Å². The van der Waals surface area contributed by atoms with E-state index in [0.29, 0.717) is 13.2 Å². The normalized spacial score (nSPS) is 11.5. The Morgan fingerprint density at radius 3 is 2.48 bits per heavy atom. The number of hydrogen-bond acceptors (Lipinski definition) is 2. The first kappa shape index (κ1) is 16.1. The summed E-state index contributed by atoms with van der Waals surface area (Å²) in [5.74, 6) is 0.900. The van der Waals surface area contributed by atoms with Crippen molar-refractivity contribution in [3.8, 4) is 5.75 Å². The van der Waals surface area contributed by atoms with Gasteiger partial charge in [-0.1, -0.05) is 61.0 Å². The van der Waals surface area contributed by atoms with Gasteiger partial charge in [0.05, 0.1) is 0 Å². The molecule has 0 heterocycles. The molecule has 21 heavy (non-hydrogen) atoms. The minimum atomic E-state index is 0.128. The van der Waals surface area contributed by atoms with E-state index in [0.717, 1.165) is 21.3 Å². The first-order valence-corrected chi connectivity index (χ1v) is 7.90. The summed E-state index contributed by atoms with van der Waals surface area (Å²) < 4.78 is 6.96. The van der Waals surface area contributed by atoms with Crippen LogP contribution in [0.3, 0.4) is 0 Å². The number of hydrogen-bond donors (Lipinski definition) is 1. The second-order valence-electron chi connectivity index (χ2n) is 6.20. The van der Waals surface area contributed by atoms with Crippen LogP contribution in [0.25, 0.3) is 0 Å². The van der Waals surface area contributed by atoms with Crippen molar-refractivity contribution < 1.29 is 4.74 Å². The molecule has 0 saturated carbocycles. The summed E-state index contributed by atoms with van der Waals surface area (Å²) in [6.07, 6.45) is 0. The van der Waals surface area contributed by atoms with Crippen LogP contribution < -0.4 is 10.5 Å². The Morgan fingerprint density at radius 2 is 1.86 bits per heavy atom. The van der Waals surface area contributed by atoms with Crippen LogP contribution in [0.15, 0.2) is 46.9 Å².